The Morgan fingerprint density at radius 3 is 2.62 bits per heavy atom. The lowest BCUT2D eigenvalue weighted by molar-refractivity contribution is -0.117. The topological polar surface area (TPSA) is 69.3 Å². The summed E-state index contributed by atoms with van der Waals surface area (Å²) in [6.45, 7) is 0. The second-order valence-electron chi connectivity index (χ2n) is 7.13. The maximum Gasteiger partial charge on any atom is 0.244 e. The zero-order valence-electron chi connectivity index (χ0n) is 17.7. The zero-order chi connectivity index (χ0) is 22.5. The molecule has 0 aliphatic heterocycles. The summed E-state index contributed by atoms with van der Waals surface area (Å²) in [6.07, 6.45) is 6.43. The first-order valence-corrected chi connectivity index (χ1v) is 9.99. The number of methoxy groups -OCH3 is 1. The molecule has 1 amide bonds. The van der Waals surface area contributed by atoms with Crippen LogP contribution < -0.4 is 10.1 Å². The lowest BCUT2D eigenvalue weighted by atomic mass is 10.1. The third-order valence-corrected chi connectivity index (χ3v) is 5.02. The van der Waals surface area contributed by atoms with E-state index in [4.69, 9.17) is 9.15 Å². The van der Waals surface area contributed by atoms with E-state index in [9.17, 15) is 9.18 Å². The Kier molecular flexibility index (Phi) is 6.17. The molecule has 2 aromatic heterocycles. The molecule has 2 heterocycles. The van der Waals surface area contributed by atoms with Crippen LogP contribution in [0.3, 0.4) is 0 Å². The number of furan rings is 1. The van der Waals surface area contributed by atoms with E-state index in [1.807, 2.05) is 42.1 Å². The number of hydrogen-bond donors (Lipinski definition) is 1. The van der Waals surface area contributed by atoms with Crippen molar-refractivity contribution in [3.8, 4) is 17.1 Å². The number of amides is 1. The van der Waals surface area contributed by atoms with Crippen LogP contribution in [0, 0.1) is 5.82 Å². The Bertz CT molecular complexity index is 1240. The summed E-state index contributed by atoms with van der Waals surface area (Å²) in [5.74, 6) is 1.56. The van der Waals surface area contributed by atoms with E-state index < -0.39 is 6.04 Å². The average Bonchev–Trinajstić information content (AvgIpc) is 3.45. The number of carbonyl (C=O) groups excluding carboxylic acids is 1. The Hall–Kier alpha value is -4.13. The number of benzene rings is 2. The second kappa shape index (κ2) is 9.34. The molecule has 7 heteroatoms. The molecule has 4 aromatic rings. The molecule has 0 bridgehead atoms. The lowest BCUT2D eigenvalue weighted by Gasteiger charge is -2.18. The number of hydrogen-bond acceptors (Lipinski definition) is 4. The van der Waals surface area contributed by atoms with Gasteiger partial charge in [-0.15, -0.1) is 0 Å². The number of halogens is 1. The molecular weight excluding hydrogens is 409 g/mol. The molecule has 6 nitrogen and oxygen atoms in total. The van der Waals surface area contributed by atoms with Crippen molar-refractivity contribution in [1.82, 2.24) is 14.9 Å². The Balaban J connectivity index is 1.52. The SMILES string of the molecule is COc1ccc([C@H](NC(=O)/C=C\c2ccc(-c3ccccc3F)o2)c2nccn2C)cc1. The maximum absolute atomic E-state index is 14.0. The van der Waals surface area contributed by atoms with Gasteiger partial charge in [-0.05, 0) is 48.0 Å². The largest absolute Gasteiger partial charge is 0.497 e. The van der Waals surface area contributed by atoms with Gasteiger partial charge in [0.2, 0.25) is 5.91 Å². The molecular formula is C25H22FN3O3. The predicted molar refractivity (Wildman–Crippen MR) is 119 cm³/mol. The van der Waals surface area contributed by atoms with Crippen LogP contribution in [0.1, 0.15) is 23.2 Å². The molecule has 0 saturated carbocycles. The predicted octanol–water partition coefficient (Wildman–Crippen LogP) is 4.75. The molecule has 0 aliphatic carbocycles. The van der Waals surface area contributed by atoms with E-state index in [-0.39, 0.29) is 11.7 Å². The van der Waals surface area contributed by atoms with Gasteiger partial charge in [-0.1, -0.05) is 24.3 Å². The first kappa shape index (κ1) is 21.1. The van der Waals surface area contributed by atoms with E-state index >= 15 is 0 Å². The number of nitrogens with zero attached hydrogens (tertiary/aromatic N) is 2. The van der Waals surface area contributed by atoms with Crippen molar-refractivity contribution < 1.29 is 18.3 Å². The van der Waals surface area contributed by atoms with Crippen molar-refractivity contribution in [1.29, 1.82) is 0 Å². The van der Waals surface area contributed by atoms with Crippen molar-refractivity contribution in [2.75, 3.05) is 7.11 Å². The molecule has 2 aromatic carbocycles. The fourth-order valence-corrected chi connectivity index (χ4v) is 3.35. The molecule has 0 aliphatic rings. The van der Waals surface area contributed by atoms with Crippen LogP contribution in [0.2, 0.25) is 0 Å². The molecule has 0 fully saturated rings. The van der Waals surface area contributed by atoms with Crippen molar-refractivity contribution in [3.63, 3.8) is 0 Å². The van der Waals surface area contributed by atoms with E-state index in [1.54, 1.807) is 49.7 Å². The Morgan fingerprint density at radius 2 is 1.94 bits per heavy atom. The number of carbonyl (C=O) groups is 1. The molecule has 0 spiro atoms. The fraction of sp³-hybridized carbons (Fsp3) is 0.120. The first-order valence-electron chi connectivity index (χ1n) is 9.99. The monoisotopic (exact) mass is 431 g/mol. The summed E-state index contributed by atoms with van der Waals surface area (Å²) in [5, 5.41) is 2.98. The van der Waals surface area contributed by atoms with Gasteiger partial charge < -0.3 is 19.0 Å². The maximum atomic E-state index is 14.0. The molecule has 0 unspecified atom stereocenters. The molecule has 1 atom stereocenters. The van der Waals surface area contributed by atoms with Gasteiger partial charge in [0.25, 0.3) is 0 Å². The van der Waals surface area contributed by atoms with Gasteiger partial charge in [-0.3, -0.25) is 4.79 Å². The number of rotatable bonds is 7. The van der Waals surface area contributed by atoms with Crippen molar-refractivity contribution >= 4 is 12.0 Å². The number of ether oxygens (including phenoxy) is 1. The van der Waals surface area contributed by atoms with E-state index in [2.05, 4.69) is 10.3 Å². The van der Waals surface area contributed by atoms with Crippen LogP contribution in [0.25, 0.3) is 17.4 Å². The van der Waals surface area contributed by atoms with Gasteiger partial charge in [-0.2, -0.15) is 0 Å². The second-order valence-corrected chi connectivity index (χ2v) is 7.13. The summed E-state index contributed by atoms with van der Waals surface area (Å²) in [5.41, 5.74) is 1.23. The normalized spacial score (nSPS) is 12.1. The molecule has 162 valence electrons. The third kappa shape index (κ3) is 4.62. The quantitative estimate of drug-likeness (QED) is 0.429. The van der Waals surface area contributed by atoms with Crippen LogP contribution in [-0.4, -0.2) is 22.6 Å². The summed E-state index contributed by atoms with van der Waals surface area (Å²) in [4.78, 5) is 17.1. The van der Waals surface area contributed by atoms with E-state index in [1.165, 1.54) is 12.1 Å². The van der Waals surface area contributed by atoms with Crippen LogP contribution in [-0.2, 0) is 11.8 Å². The summed E-state index contributed by atoms with van der Waals surface area (Å²) in [7, 11) is 3.47. The molecule has 32 heavy (non-hydrogen) atoms. The van der Waals surface area contributed by atoms with E-state index in [0.29, 0.717) is 22.9 Å². The van der Waals surface area contributed by atoms with Crippen LogP contribution >= 0.6 is 0 Å². The third-order valence-electron chi connectivity index (χ3n) is 5.02. The van der Waals surface area contributed by atoms with Crippen molar-refractivity contribution in [2.24, 2.45) is 7.05 Å². The smallest absolute Gasteiger partial charge is 0.244 e. The minimum absolute atomic E-state index is 0.322. The highest BCUT2D eigenvalue weighted by molar-refractivity contribution is 5.92. The summed E-state index contributed by atoms with van der Waals surface area (Å²) in [6, 6.07) is 16.7. The lowest BCUT2D eigenvalue weighted by Crippen LogP contribution is -2.29. The van der Waals surface area contributed by atoms with Crippen LogP contribution in [0.15, 0.2) is 83.6 Å². The average molecular weight is 431 g/mol. The van der Waals surface area contributed by atoms with Gasteiger partial charge in [0.05, 0.1) is 12.7 Å². The van der Waals surface area contributed by atoms with Crippen molar-refractivity contribution in [3.05, 3.63) is 102 Å². The zero-order valence-corrected chi connectivity index (χ0v) is 17.7. The van der Waals surface area contributed by atoms with Gasteiger partial charge in [0, 0.05) is 25.5 Å². The molecule has 4 rings (SSSR count). The van der Waals surface area contributed by atoms with Crippen molar-refractivity contribution in [2.45, 2.75) is 6.04 Å². The number of aryl methyl sites for hydroxylation is 1. The van der Waals surface area contributed by atoms with Crippen LogP contribution in [0.5, 0.6) is 5.75 Å². The summed E-state index contributed by atoms with van der Waals surface area (Å²) >= 11 is 0. The standard InChI is InChI=1S/C25H22FN3O3/c1-29-16-15-27-25(29)24(17-7-9-18(31-2)10-8-17)28-23(30)14-12-19-11-13-22(32-19)20-5-3-4-6-21(20)26/h3-16,24H,1-2H3,(H,28,30)/b14-12-/t24-/m0/s1. The number of aromatic nitrogens is 2. The first-order chi connectivity index (χ1) is 15.5. The highest BCUT2D eigenvalue weighted by atomic mass is 19.1. The minimum Gasteiger partial charge on any atom is -0.497 e. The van der Waals surface area contributed by atoms with E-state index in [0.717, 1.165) is 11.3 Å². The van der Waals surface area contributed by atoms with Gasteiger partial charge >= 0.3 is 0 Å². The molecule has 0 radical (unpaired) electrons. The Labute approximate surface area is 185 Å². The minimum atomic E-state index is -0.455. The molecule has 1 N–H and O–H groups in total. The highest BCUT2D eigenvalue weighted by Gasteiger charge is 2.20. The highest BCUT2D eigenvalue weighted by Crippen LogP contribution is 2.26. The van der Waals surface area contributed by atoms with Gasteiger partial charge in [0.1, 0.15) is 35.0 Å². The van der Waals surface area contributed by atoms with Crippen LogP contribution in [0.4, 0.5) is 4.39 Å². The molecule has 0 saturated heterocycles. The van der Waals surface area contributed by atoms with Gasteiger partial charge in [-0.25, -0.2) is 9.37 Å². The fourth-order valence-electron chi connectivity index (χ4n) is 3.35. The number of nitrogens with one attached hydrogen (secondary N) is 1. The van der Waals surface area contributed by atoms with Gasteiger partial charge in [0.15, 0.2) is 0 Å². The summed E-state index contributed by atoms with van der Waals surface area (Å²) < 4.78 is 26.7. The Morgan fingerprint density at radius 1 is 1.16 bits per heavy atom. The number of imidazole rings is 1.